The number of carbonyl (C=O) groups excluding carboxylic acids is 2. The molecule has 8 nitrogen and oxygen atoms in total. The Labute approximate surface area is 163 Å². The number of nitrogens with one attached hydrogen (secondary N) is 1. The normalized spacial score (nSPS) is 15.6. The molecular formula is C20H23N3O5. The first kappa shape index (κ1) is 19.6. The fraction of sp³-hybridized carbons (Fsp3) is 0.400. The van der Waals surface area contributed by atoms with Crippen LogP contribution in [0.25, 0.3) is 0 Å². The Morgan fingerprint density at radius 2 is 1.71 bits per heavy atom. The molecule has 148 valence electrons. The van der Waals surface area contributed by atoms with Crippen LogP contribution in [0.4, 0.5) is 5.95 Å². The Balaban J connectivity index is 1.93. The lowest BCUT2D eigenvalue weighted by atomic mass is 9.86. The van der Waals surface area contributed by atoms with E-state index in [0.717, 1.165) is 0 Å². The van der Waals surface area contributed by atoms with Gasteiger partial charge in [0.2, 0.25) is 11.7 Å². The molecule has 1 atom stereocenters. The summed E-state index contributed by atoms with van der Waals surface area (Å²) in [5.74, 6) is 1.14. The van der Waals surface area contributed by atoms with E-state index in [1.165, 1.54) is 21.3 Å². The number of anilines is 1. The molecule has 1 aliphatic rings. The predicted octanol–water partition coefficient (Wildman–Crippen LogP) is 2.83. The van der Waals surface area contributed by atoms with Gasteiger partial charge in [-0.3, -0.25) is 14.9 Å². The molecule has 0 bridgehead atoms. The van der Waals surface area contributed by atoms with Crippen molar-refractivity contribution >= 4 is 17.6 Å². The molecule has 1 aliphatic carbocycles. The van der Waals surface area contributed by atoms with Gasteiger partial charge in [-0.2, -0.15) is 0 Å². The van der Waals surface area contributed by atoms with Crippen LogP contribution in [0.3, 0.4) is 0 Å². The van der Waals surface area contributed by atoms with Gasteiger partial charge >= 0.3 is 0 Å². The summed E-state index contributed by atoms with van der Waals surface area (Å²) in [6.45, 7) is 3.76. The predicted molar refractivity (Wildman–Crippen MR) is 103 cm³/mol. The molecule has 0 aliphatic heterocycles. The van der Waals surface area contributed by atoms with E-state index in [2.05, 4.69) is 15.3 Å². The van der Waals surface area contributed by atoms with Gasteiger partial charge in [0.05, 0.1) is 38.3 Å². The summed E-state index contributed by atoms with van der Waals surface area (Å²) >= 11 is 0. The van der Waals surface area contributed by atoms with Gasteiger partial charge in [0.25, 0.3) is 5.91 Å². The minimum Gasteiger partial charge on any atom is -0.493 e. The van der Waals surface area contributed by atoms with Gasteiger partial charge in [-0.25, -0.2) is 9.97 Å². The third-order valence-corrected chi connectivity index (χ3v) is 4.67. The Bertz CT molecular complexity index is 917. The number of hydrogen-bond donors (Lipinski definition) is 1. The Morgan fingerprint density at radius 1 is 1.07 bits per heavy atom. The average molecular weight is 385 g/mol. The van der Waals surface area contributed by atoms with Gasteiger partial charge < -0.3 is 14.2 Å². The van der Waals surface area contributed by atoms with Crippen LogP contribution in [0, 0.1) is 12.8 Å². The number of ketones is 1. The van der Waals surface area contributed by atoms with Crippen LogP contribution < -0.4 is 19.5 Å². The first-order chi connectivity index (χ1) is 13.4. The van der Waals surface area contributed by atoms with Crippen molar-refractivity contribution in [1.82, 2.24) is 9.97 Å². The molecule has 0 fully saturated rings. The molecule has 0 radical (unpaired) electrons. The molecule has 1 aromatic carbocycles. The maximum absolute atomic E-state index is 12.7. The van der Waals surface area contributed by atoms with Crippen molar-refractivity contribution in [1.29, 1.82) is 0 Å². The van der Waals surface area contributed by atoms with E-state index in [1.807, 2.05) is 6.92 Å². The highest BCUT2D eigenvalue weighted by molar-refractivity contribution is 6.04. The number of ether oxygens (including phenoxy) is 3. The summed E-state index contributed by atoms with van der Waals surface area (Å²) in [6.07, 6.45) is 1.17. The zero-order chi connectivity index (χ0) is 20.4. The zero-order valence-electron chi connectivity index (χ0n) is 16.6. The third kappa shape index (κ3) is 3.62. The van der Waals surface area contributed by atoms with E-state index >= 15 is 0 Å². The second-order valence-corrected chi connectivity index (χ2v) is 6.76. The van der Waals surface area contributed by atoms with Gasteiger partial charge in [0.15, 0.2) is 17.3 Å². The van der Waals surface area contributed by atoms with E-state index in [0.29, 0.717) is 52.6 Å². The molecule has 0 saturated carbocycles. The molecular weight excluding hydrogens is 362 g/mol. The first-order valence-electron chi connectivity index (χ1n) is 8.90. The summed E-state index contributed by atoms with van der Waals surface area (Å²) in [6, 6.07) is 3.10. The molecule has 0 spiro atoms. The molecule has 1 unspecified atom stereocenters. The highest BCUT2D eigenvalue weighted by Gasteiger charge is 2.27. The Morgan fingerprint density at radius 3 is 2.29 bits per heavy atom. The van der Waals surface area contributed by atoms with Crippen LogP contribution in [0.15, 0.2) is 12.1 Å². The van der Waals surface area contributed by atoms with Crippen LogP contribution >= 0.6 is 0 Å². The molecule has 1 N–H and O–H groups in total. The molecule has 1 heterocycles. The van der Waals surface area contributed by atoms with Gasteiger partial charge in [0, 0.05) is 12.0 Å². The summed E-state index contributed by atoms with van der Waals surface area (Å²) in [7, 11) is 4.45. The third-order valence-electron chi connectivity index (χ3n) is 4.67. The molecule has 3 rings (SSSR count). The molecule has 1 aromatic heterocycles. The summed E-state index contributed by atoms with van der Waals surface area (Å²) in [4.78, 5) is 33.7. The van der Waals surface area contributed by atoms with Gasteiger partial charge in [-0.15, -0.1) is 0 Å². The van der Waals surface area contributed by atoms with Crippen molar-refractivity contribution in [2.45, 2.75) is 26.7 Å². The van der Waals surface area contributed by atoms with E-state index in [1.54, 1.807) is 19.1 Å². The lowest BCUT2D eigenvalue weighted by molar-refractivity contribution is 0.0950. The number of carbonyl (C=O) groups is 2. The van der Waals surface area contributed by atoms with Crippen molar-refractivity contribution in [3.63, 3.8) is 0 Å². The molecule has 28 heavy (non-hydrogen) atoms. The van der Waals surface area contributed by atoms with Crippen molar-refractivity contribution in [2.24, 2.45) is 5.92 Å². The number of Topliss-reactive ketones (excluding diaryl/α,β-unsaturated/α-hetero) is 1. The second-order valence-electron chi connectivity index (χ2n) is 6.76. The zero-order valence-corrected chi connectivity index (χ0v) is 16.6. The number of methoxy groups -OCH3 is 3. The minimum atomic E-state index is -0.422. The molecule has 8 heteroatoms. The number of aromatic nitrogens is 2. The summed E-state index contributed by atoms with van der Waals surface area (Å²) in [5.41, 5.74) is 2.13. The Hall–Kier alpha value is -3.16. The number of nitrogens with zero attached hydrogens (tertiary/aromatic N) is 2. The van der Waals surface area contributed by atoms with Crippen molar-refractivity contribution in [3.8, 4) is 17.2 Å². The van der Waals surface area contributed by atoms with Gasteiger partial charge in [-0.1, -0.05) is 6.92 Å². The molecule has 1 amide bonds. The quantitative estimate of drug-likeness (QED) is 0.845. The smallest absolute Gasteiger partial charge is 0.258 e. The topological polar surface area (TPSA) is 99.6 Å². The van der Waals surface area contributed by atoms with Crippen molar-refractivity contribution < 1.29 is 23.8 Å². The fourth-order valence-electron chi connectivity index (χ4n) is 3.41. The highest BCUT2D eigenvalue weighted by atomic mass is 16.5. The maximum Gasteiger partial charge on any atom is 0.258 e. The van der Waals surface area contributed by atoms with Crippen LogP contribution in [0.5, 0.6) is 17.2 Å². The average Bonchev–Trinajstić information content (AvgIpc) is 2.65. The van der Waals surface area contributed by atoms with Crippen molar-refractivity contribution in [3.05, 3.63) is 34.6 Å². The van der Waals surface area contributed by atoms with Crippen molar-refractivity contribution in [2.75, 3.05) is 26.6 Å². The van der Waals surface area contributed by atoms with Crippen LogP contribution in [0.2, 0.25) is 0 Å². The lowest BCUT2D eigenvalue weighted by Crippen LogP contribution is -2.23. The van der Waals surface area contributed by atoms with Crippen LogP contribution in [0.1, 0.15) is 45.4 Å². The first-order valence-corrected chi connectivity index (χ1v) is 8.90. The summed E-state index contributed by atoms with van der Waals surface area (Å²) < 4.78 is 15.8. The van der Waals surface area contributed by atoms with Gasteiger partial charge in [-0.05, 0) is 31.4 Å². The molecule has 2 aromatic rings. The molecule has 0 saturated heterocycles. The summed E-state index contributed by atoms with van der Waals surface area (Å²) in [5, 5.41) is 2.69. The Kier molecular flexibility index (Phi) is 5.48. The number of hydrogen-bond acceptors (Lipinski definition) is 7. The van der Waals surface area contributed by atoms with E-state index in [9.17, 15) is 9.59 Å². The highest BCUT2D eigenvalue weighted by Crippen LogP contribution is 2.38. The van der Waals surface area contributed by atoms with E-state index in [4.69, 9.17) is 14.2 Å². The fourth-order valence-corrected chi connectivity index (χ4v) is 3.41. The van der Waals surface area contributed by atoms with E-state index < -0.39 is 5.91 Å². The SMILES string of the molecule is COc1cc(C(=O)Nc2nc(C)c3c(n2)CC(C)CC3=O)cc(OC)c1OC. The maximum atomic E-state index is 12.7. The number of amides is 1. The lowest BCUT2D eigenvalue weighted by Gasteiger charge is -2.21. The standard InChI is InChI=1S/C20H23N3O5/c1-10-6-13-17(14(24)7-10)11(2)21-20(22-13)23-19(25)12-8-15(26-3)18(28-5)16(9-12)27-4/h8-10H,6-7H2,1-5H3,(H,21,22,23,25). The number of benzene rings is 1. The number of rotatable bonds is 5. The van der Waals surface area contributed by atoms with Crippen LogP contribution in [-0.4, -0.2) is 43.0 Å². The largest absolute Gasteiger partial charge is 0.493 e. The second kappa shape index (κ2) is 7.84. The monoisotopic (exact) mass is 385 g/mol. The van der Waals surface area contributed by atoms with Crippen LogP contribution in [-0.2, 0) is 6.42 Å². The van der Waals surface area contributed by atoms with Gasteiger partial charge in [0.1, 0.15) is 0 Å². The number of aryl methyl sites for hydroxylation is 1. The minimum absolute atomic E-state index is 0.0498. The number of fused-ring (bicyclic) bond motifs is 1. The van der Waals surface area contributed by atoms with E-state index in [-0.39, 0.29) is 17.6 Å².